The van der Waals surface area contributed by atoms with Crippen LogP contribution in [0.15, 0.2) is 39.8 Å². The summed E-state index contributed by atoms with van der Waals surface area (Å²) in [5, 5.41) is 18.3. The molecule has 0 amide bonds. The van der Waals surface area contributed by atoms with E-state index in [1.165, 1.54) is 18.3 Å². The molecule has 0 saturated heterocycles. The van der Waals surface area contributed by atoms with Crippen LogP contribution in [-0.4, -0.2) is 25.0 Å². The zero-order valence-electron chi connectivity index (χ0n) is 15.2. The van der Waals surface area contributed by atoms with E-state index in [0.717, 1.165) is 4.68 Å². The molecular formula is C16H16ClN5O3. The van der Waals surface area contributed by atoms with Gasteiger partial charge in [-0.3, -0.25) is 4.79 Å². The van der Waals surface area contributed by atoms with Crippen LogP contribution in [0.25, 0.3) is 0 Å². The molecular weight excluding hydrogens is 346 g/mol. The molecule has 3 rings (SSSR count). The number of nitrogen functional groups attached to an aromatic ring is 1. The lowest BCUT2D eigenvalue weighted by molar-refractivity contribution is 0.174. The topological polar surface area (TPSA) is 120 Å². The Morgan fingerprint density at radius 2 is 2.16 bits per heavy atom. The van der Waals surface area contributed by atoms with Crippen LogP contribution in [0.3, 0.4) is 0 Å². The van der Waals surface area contributed by atoms with E-state index < -0.39 is 18.0 Å². The maximum atomic E-state index is 12.1. The van der Waals surface area contributed by atoms with Crippen molar-refractivity contribution in [3.63, 3.8) is 0 Å². The number of hydrogen-bond acceptors (Lipinski definition) is 7. The largest absolute Gasteiger partial charge is 0.397 e. The van der Waals surface area contributed by atoms with Gasteiger partial charge < -0.3 is 15.4 Å². The van der Waals surface area contributed by atoms with Gasteiger partial charge in [-0.25, -0.2) is 4.68 Å². The van der Waals surface area contributed by atoms with Crippen molar-refractivity contribution in [3.8, 4) is 0 Å². The number of nitrogens with two attached hydrogens (primary N) is 1. The highest BCUT2D eigenvalue weighted by atomic mass is 35.5. The molecule has 1 aromatic carbocycles. The Kier molecular flexibility index (Phi) is 4.12. The predicted molar refractivity (Wildman–Crippen MR) is 91.2 cm³/mol. The van der Waals surface area contributed by atoms with Crippen LogP contribution < -0.4 is 11.3 Å². The summed E-state index contributed by atoms with van der Waals surface area (Å²) in [5.41, 5.74) is 6.12. The lowest BCUT2D eigenvalue weighted by Gasteiger charge is -2.08. The van der Waals surface area contributed by atoms with E-state index in [-0.39, 0.29) is 23.9 Å². The van der Waals surface area contributed by atoms with Crippen LogP contribution in [0, 0.1) is 6.92 Å². The molecule has 1 atom stereocenters. The van der Waals surface area contributed by atoms with Gasteiger partial charge in [0.25, 0.3) is 5.56 Å². The van der Waals surface area contributed by atoms with Crippen molar-refractivity contribution >= 4 is 17.3 Å². The third kappa shape index (κ3) is 3.86. The smallest absolute Gasteiger partial charge is 0.272 e. The fraction of sp³-hybridized carbons (Fsp3) is 0.250. The number of benzene rings is 1. The number of nitrogens with zero attached hydrogens (tertiary/aromatic N) is 4. The lowest BCUT2D eigenvalue weighted by atomic mass is 10.1. The second kappa shape index (κ2) is 7.04. The summed E-state index contributed by atoms with van der Waals surface area (Å²) in [6.07, 6.45) is -2.54. The van der Waals surface area contributed by atoms with Crippen molar-refractivity contribution in [2.24, 2.45) is 0 Å². The van der Waals surface area contributed by atoms with Gasteiger partial charge in [-0.05, 0) is 24.6 Å². The van der Waals surface area contributed by atoms with Crippen LogP contribution >= 0.6 is 11.6 Å². The Morgan fingerprint density at radius 1 is 1.44 bits per heavy atom. The fourth-order valence-electron chi connectivity index (χ4n) is 2.07. The average Bonchev–Trinajstić information content (AvgIpc) is 3.12. The van der Waals surface area contributed by atoms with Gasteiger partial charge >= 0.3 is 0 Å². The molecule has 8 nitrogen and oxygen atoms in total. The van der Waals surface area contributed by atoms with Gasteiger partial charge in [-0.15, -0.1) is 0 Å². The number of rotatable bonds is 5. The van der Waals surface area contributed by atoms with Crippen molar-refractivity contribution < 1.29 is 12.4 Å². The molecule has 0 aliphatic rings. The number of halogens is 1. The number of aliphatic hydroxyl groups excluding tert-OH is 1. The highest BCUT2D eigenvalue weighted by Crippen LogP contribution is 2.19. The van der Waals surface area contributed by atoms with Crippen LogP contribution in [0.4, 0.5) is 5.69 Å². The van der Waals surface area contributed by atoms with Crippen molar-refractivity contribution in [3.05, 3.63) is 68.7 Å². The summed E-state index contributed by atoms with van der Waals surface area (Å²) in [4.78, 5) is 16.1. The van der Waals surface area contributed by atoms with Crippen LogP contribution in [0.5, 0.6) is 0 Å². The number of anilines is 1. The van der Waals surface area contributed by atoms with E-state index in [0.29, 0.717) is 16.1 Å². The molecule has 0 aliphatic carbocycles. The van der Waals surface area contributed by atoms with Crippen molar-refractivity contribution in [1.29, 1.82) is 0 Å². The summed E-state index contributed by atoms with van der Waals surface area (Å²) in [6.45, 7) is 1.41. The van der Waals surface area contributed by atoms with Gasteiger partial charge in [0, 0.05) is 19.7 Å². The molecule has 3 aromatic rings. The van der Waals surface area contributed by atoms with Crippen molar-refractivity contribution in [1.82, 2.24) is 19.9 Å². The maximum absolute atomic E-state index is 12.1. The molecule has 0 saturated carbocycles. The van der Waals surface area contributed by atoms with E-state index >= 15 is 0 Å². The lowest BCUT2D eigenvalue weighted by Crippen LogP contribution is -2.26. The molecule has 9 heteroatoms. The first-order valence-corrected chi connectivity index (χ1v) is 7.66. The maximum Gasteiger partial charge on any atom is 0.272 e. The number of hydrogen-bond donors (Lipinski definition) is 2. The molecule has 0 radical (unpaired) electrons. The second-order valence-corrected chi connectivity index (χ2v) is 5.73. The number of aromatic nitrogens is 4. The number of aliphatic hydroxyl groups is 1. The Morgan fingerprint density at radius 3 is 2.88 bits per heavy atom. The molecule has 130 valence electrons. The van der Waals surface area contributed by atoms with E-state index in [1.54, 1.807) is 19.1 Å². The first-order valence-electron chi connectivity index (χ1n) is 8.29. The monoisotopic (exact) mass is 363 g/mol. The van der Waals surface area contributed by atoms with Crippen LogP contribution in [0.2, 0.25) is 5.02 Å². The standard InChI is InChI=1S/C16H16ClN5O3/c1-9-12(18)7-19-22(16(9)24)8-15-20-14(21-25-15)6-13(23)10-2-4-11(17)5-3-10/h2-5,7,13,23H,6,8,18H2,1H3/i6D2. The Hall–Kier alpha value is -2.71. The first kappa shape index (κ1) is 14.6. The normalized spacial score (nSPS) is 14.0. The quantitative estimate of drug-likeness (QED) is 0.704. The highest BCUT2D eigenvalue weighted by Gasteiger charge is 2.15. The molecule has 3 N–H and O–H groups in total. The van der Waals surface area contributed by atoms with Crippen LogP contribution in [-0.2, 0) is 12.9 Å². The van der Waals surface area contributed by atoms with Crippen molar-refractivity contribution in [2.75, 3.05) is 5.73 Å². The van der Waals surface area contributed by atoms with E-state index in [4.69, 9.17) is 24.6 Å². The summed E-state index contributed by atoms with van der Waals surface area (Å²) in [5.74, 6) is -0.379. The van der Waals surface area contributed by atoms with E-state index in [1.807, 2.05) is 0 Å². The van der Waals surface area contributed by atoms with Gasteiger partial charge in [0.15, 0.2) is 5.82 Å². The van der Waals surface area contributed by atoms with E-state index in [2.05, 4.69) is 15.2 Å². The van der Waals surface area contributed by atoms with Crippen LogP contribution in [0.1, 0.15) is 31.7 Å². The Balaban J connectivity index is 1.85. The minimum absolute atomic E-state index is 0.0315. The average molecular weight is 364 g/mol. The van der Waals surface area contributed by atoms with Crippen molar-refractivity contribution in [2.45, 2.75) is 25.9 Å². The summed E-state index contributed by atoms with van der Waals surface area (Å²) in [6, 6.07) is 6.09. The molecule has 2 aromatic heterocycles. The summed E-state index contributed by atoms with van der Waals surface area (Å²) < 4.78 is 22.4. The van der Waals surface area contributed by atoms with Gasteiger partial charge in [-0.2, -0.15) is 10.1 Å². The fourth-order valence-corrected chi connectivity index (χ4v) is 2.19. The molecule has 0 bridgehead atoms. The first-order chi connectivity index (χ1) is 12.7. The molecule has 25 heavy (non-hydrogen) atoms. The molecule has 1 unspecified atom stereocenters. The van der Waals surface area contributed by atoms with E-state index in [9.17, 15) is 9.90 Å². The second-order valence-electron chi connectivity index (χ2n) is 5.30. The summed E-state index contributed by atoms with van der Waals surface area (Å²) in [7, 11) is 0. The van der Waals surface area contributed by atoms with Gasteiger partial charge in [-0.1, -0.05) is 28.9 Å². The molecule has 0 aliphatic heterocycles. The molecule has 0 fully saturated rings. The van der Waals surface area contributed by atoms with Gasteiger partial charge in [0.1, 0.15) is 6.54 Å². The zero-order chi connectivity index (χ0) is 19.8. The molecule has 2 heterocycles. The van der Waals surface area contributed by atoms with Gasteiger partial charge in [0.05, 0.1) is 18.0 Å². The third-order valence-corrected chi connectivity index (χ3v) is 3.78. The predicted octanol–water partition coefficient (Wildman–Crippen LogP) is 1.49. The SMILES string of the molecule is [2H]C([2H])(c1noc(Cn2ncc(N)c(C)c2=O)n1)C(O)c1ccc(Cl)cc1. The zero-order valence-corrected chi connectivity index (χ0v) is 13.9. The van der Waals surface area contributed by atoms with Gasteiger partial charge in [0.2, 0.25) is 5.89 Å². The minimum Gasteiger partial charge on any atom is -0.397 e. The Bertz CT molecular complexity index is 1020. The minimum atomic E-state index is -2.33. The highest BCUT2D eigenvalue weighted by molar-refractivity contribution is 6.30. The molecule has 0 spiro atoms. The summed E-state index contributed by atoms with van der Waals surface area (Å²) >= 11 is 5.80. The third-order valence-electron chi connectivity index (χ3n) is 3.53. The Labute approximate surface area is 150 Å².